The molecule has 9 heteroatoms. The van der Waals surface area contributed by atoms with E-state index in [1.54, 1.807) is 18.2 Å². The fourth-order valence-corrected chi connectivity index (χ4v) is 2.86. The van der Waals surface area contributed by atoms with Gasteiger partial charge in [0, 0.05) is 19.1 Å². The molecular weight excluding hydrogens is 353 g/mol. The summed E-state index contributed by atoms with van der Waals surface area (Å²) in [5, 5.41) is 2.80. The maximum Gasteiger partial charge on any atom is 0.471 e. The third kappa shape index (κ3) is 5.03. The topological polar surface area (TPSA) is 67.9 Å². The zero-order valence-electron chi connectivity index (χ0n) is 14.6. The molecule has 1 aromatic rings. The van der Waals surface area contributed by atoms with Crippen LogP contribution in [0.2, 0.25) is 0 Å². The number of halogens is 3. The van der Waals surface area contributed by atoms with Crippen LogP contribution in [-0.2, 0) is 16.0 Å². The van der Waals surface area contributed by atoms with E-state index in [-0.39, 0.29) is 31.5 Å². The first-order chi connectivity index (χ1) is 12.2. The fraction of sp³-hybridized carbons (Fsp3) is 0.529. The van der Waals surface area contributed by atoms with E-state index in [9.17, 15) is 22.8 Å². The highest BCUT2D eigenvalue weighted by atomic mass is 19.4. The number of piperidine rings is 1. The van der Waals surface area contributed by atoms with Gasteiger partial charge in [0.15, 0.2) is 11.5 Å². The van der Waals surface area contributed by atoms with Crippen molar-refractivity contribution in [1.82, 2.24) is 10.2 Å². The average Bonchev–Trinajstić information content (AvgIpc) is 2.60. The summed E-state index contributed by atoms with van der Waals surface area (Å²) < 4.78 is 47.6. The van der Waals surface area contributed by atoms with Crippen LogP contribution in [0.5, 0.6) is 11.5 Å². The number of rotatable bonds is 5. The monoisotopic (exact) mass is 374 g/mol. The minimum atomic E-state index is -4.86. The number of ether oxygens (including phenoxy) is 2. The van der Waals surface area contributed by atoms with Gasteiger partial charge in [0.1, 0.15) is 0 Å². The van der Waals surface area contributed by atoms with Gasteiger partial charge < -0.3 is 19.7 Å². The number of carbonyl (C=O) groups is 2. The zero-order chi connectivity index (χ0) is 19.3. The molecule has 26 heavy (non-hydrogen) atoms. The molecule has 0 atom stereocenters. The molecule has 1 heterocycles. The number of amides is 2. The van der Waals surface area contributed by atoms with Gasteiger partial charge in [-0.05, 0) is 30.5 Å². The van der Waals surface area contributed by atoms with Gasteiger partial charge in [0.2, 0.25) is 5.91 Å². The molecule has 6 nitrogen and oxygen atoms in total. The second-order valence-corrected chi connectivity index (χ2v) is 6.00. The van der Waals surface area contributed by atoms with Gasteiger partial charge in [-0.2, -0.15) is 13.2 Å². The number of alkyl halides is 3. The molecule has 1 N–H and O–H groups in total. The van der Waals surface area contributed by atoms with Crippen LogP contribution >= 0.6 is 0 Å². The van der Waals surface area contributed by atoms with Crippen molar-refractivity contribution >= 4 is 11.8 Å². The minimum absolute atomic E-state index is 0.0281. The molecule has 0 saturated carbocycles. The molecule has 0 aliphatic carbocycles. The van der Waals surface area contributed by atoms with E-state index in [2.05, 4.69) is 5.32 Å². The van der Waals surface area contributed by atoms with Crippen LogP contribution in [-0.4, -0.2) is 56.2 Å². The Morgan fingerprint density at radius 1 is 1.15 bits per heavy atom. The van der Waals surface area contributed by atoms with Gasteiger partial charge in [-0.15, -0.1) is 0 Å². The predicted molar refractivity (Wildman–Crippen MR) is 87.0 cm³/mol. The maximum absolute atomic E-state index is 12.4. The number of likely N-dealkylation sites (tertiary alicyclic amines) is 1. The number of methoxy groups -OCH3 is 2. The first-order valence-electron chi connectivity index (χ1n) is 8.11. The van der Waals surface area contributed by atoms with Gasteiger partial charge in [-0.3, -0.25) is 9.59 Å². The molecule has 1 aliphatic heterocycles. The summed E-state index contributed by atoms with van der Waals surface area (Å²) in [5.41, 5.74) is 0.727. The van der Waals surface area contributed by atoms with Crippen molar-refractivity contribution in [2.45, 2.75) is 31.5 Å². The molecule has 1 aromatic carbocycles. The Morgan fingerprint density at radius 2 is 1.77 bits per heavy atom. The predicted octanol–water partition coefficient (Wildman–Crippen LogP) is 1.92. The van der Waals surface area contributed by atoms with Gasteiger partial charge in [-0.1, -0.05) is 6.07 Å². The number of benzene rings is 1. The van der Waals surface area contributed by atoms with E-state index >= 15 is 0 Å². The van der Waals surface area contributed by atoms with E-state index in [4.69, 9.17) is 9.47 Å². The second-order valence-electron chi connectivity index (χ2n) is 6.00. The average molecular weight is 374 g/mol. The Bertz CT molecular complexity index is 656. The van der Waals surface area contributed by atoms with Crippen molar-refractivity contribution in [3.05, 3.63) is 23.8 Å². The lowest BCUT2D eigenvalue weighted by Crippen LogP contribution is -2.50. The van der Waals surface area contributed by atoms with Gasteiger partial charge >= 0.3 is 12.1 Å². The highest BCUT2D eigenvalue weighted by molar-refractivity contribution is 5.82. The number of carbonyl (C=O) groups excluding carboxylic acids is 2. The molecule has 1 fully saturated rings. The molecule has 0 unspecified atom stereocenters. The Morgan fingerprint density at radius 3 is 2.31 bits per heavy atom. The summed E-state index contributed by atoms with van der Waals surface area (Å²) in [6, 6.07) is 4.89. The summed E-state index contributed by atoms with van der Waals surface area (Å²) in [6.45, 7) is -0.0563. The van der Waals surface area contributed by atoms with E-state index in [0.717, 1.165) is 10.5 Å². The van der Waals surface area contributed by atoms with Crippen LogP contribution in [0.3, 0.4) is 0 Å². The molecule has 144 valence electrons. The Balaban J connectivity index is 1.85. The van der Waals surface area contributed by atoms with Crippen molar-refractivity contribution in [2.75, 3.05) is 27.3 Å². The van der Waals surface area contributed by atoms with Gasteiger partial charge in [0.05, 0.1) is 20.6 Å². The van der Waals surface area contributed by atoms with E-state index in [0.29, 0.717) is 24.3 Å². The molecule has 0 spiro atoms. The number of hydrogen-bond donors (Lipinski definition) is 1. The molecule has 1 saturated heterocycles. The standard InChI is InChI=1S/C17H21F3N2O4/c1-25-13-4-3-11(9-14(13)26-2)10-15(23)21-12-5-7-22(8-6-12)16(24)17(18,19)20/h3-4,9,12H,5-8,10H2,1-2H3,(H,21,23). The second kappa shape index (κ2) is 8.29. The SMILES string of the molecule is COc1ccc(CC(=O)NC2CCN(C(=O)C(F)(F)F)CC2)cc1OC. The third-order valence-electron chi connectivity index (χ3n) is 4.20. The van der Waals surface area contributed by atoms with Crippen LogP contribution in [0.1, 0.15) is 18.4 Å². The Hall–Kier alpha value is -2.45. The van der Waals surface area contributed by atoms with Crippen molar-refractivity contribution < 1.29 is 32.2 Å². The molecule has 0 aromatic heterocycles. The Labute approximate surface area is 149 Å². The van der Waals surface area contributed by atoms with Crippen LogP contribution in [0.4, 0.5) is 13.2 Å². The van der Waals surface area contributed by atoms with Crippen LogP contribution in [0.25, 0.3) is 0 Å². The summed E-state index contributed by atoms with van der Waals surface area (Å²) in [6.07, 6.45) is -4.16. The largest absolute Gasteiger partial charge is 0.493 e. The lowest BCUT2D eigenvalue weighted by Gasteiger charge is -2.32. The normalized spacial score (nSPS) is 15.5. The van der Waals surface area contributed by atoms with Crippen LogP contribution in [0, 0.1) is 0 Å². The minimum Gasteiger partial charge on any atom is -0.493 e. The Kier molecular flexibility index (Phi) is 6.33. The summed E-state index contributed by atoms with van der Waals surface area (Å²) in [5.74, 6) is -0.999. The first-order valence-corrected chi connectivity index (χ1v) is 8.11. The lowest BCUT2D eigenvalue weighted by atomic mass is 10.0. The lowest BCUT2D eigenvalue weighted by molar-refractivity contribution is -0.186. The van der Waals surface area contributed by atoms with Gasteiger partial charge in [-0.25, -0.2) is 0 Å². The third-order valence-corrected chi connectivity index (χ3v) is 4.20. The first kappa shape index (κ1) is 19.9. The molecule has 2 amide bonds. The molecule has 0 bridgehead atoms. The van der Waals surface area contributed by atoms with Crippen molar-refractivity contribution in [1.29, 1.82) is 0 Å². The van der Waals surface area contributed by atoms with E-state index in [1.165, 1.54) is 14.2 Å². The quantitative estimate of drug-likeness (QED) is 0.855. The molecule has 2 rings (SSSR count). The maximum atomic E-state index is 12.4. The molecular formula is C17H21F3N2O4. The highest BCUT2D eigenvalue weighted by Crippen LogP contribution is 2.27. The smallest absolute Gasteiger partial charge is 0.471 e. The summed E-state index contributed by atoms with van der Waals surface area (Å²) >= 11 is 0. The van der Waals surface area contributed by atoms with Crippen LogP contribution in [0.15, 0.2) is 18.2 Å². The zero-order valence-corrected chi connectivity index (χ0v) is 14.6. The number of nitrogens with one attached hydrogen (secondary N) is 1. The number of hydrogen-bond acceptors (Lipinski definition) is 4. The summed E-state index contributed by atoms with van der Waals surface area (Å²) in [4.78, 5) is 24.1. The molecule has 1 aliphatic rings. The van der Waals surface area contributed by atoms with Crippen LogP contribution < -0.4 is 14.8 Å². The van der Waals surface area contributed by atoms with E-state index in [1.807, 2.05) is 0 Å². The van der Waals surface area contributed by atoms with Gasteiger partial charge in [0.25, 0.3) is 0 Å². The van der Waals surface area contributed by atoms with Crippen molar-refractivity contribution in [3.63, 3.8) is 0 Å². The van der Waals surface area contributed by atoms with Crippen molar-refractivity contribution in [3.8, 4) is 11.5 Å². The molecule has 0 radical (unpaired) electrons. The number of nitrogens with zero attached hydrogens (tertiary/aromatic N) is 1. The van der Waals surface area contributed by atoms with E-state index < -0.39 is 12.1 Å². The fourth-order valence-electron chi connectivity index (χ4n) is 2.86. The highest BCUT2D eigenvalue weighted by Gasteiger charge is 2.43. The summed E-state index contributed by atoms with van der Waals surface area (Å²) in [7, 11) is 3.01. The van der Waals surface area contributed by atoms with Crippen molar-refractivity contribution in [2.24, 2.45) is 0 Å².